The average molecular weight is 315 g/mol. The SMILES string of the molecule is CN(CC(N)=O)CC(=O)Nc1ccc(N)cc1Br. The number of amides is 2. The van der Waals surface area contributed by atoms with Crippen LogP contribution < -0.4 is 16.8 Å². The molecule has 5 N–H and O–H groups in total. The highest BCUT2D eigenvalue weighted by Crippen LogP contribution is 2.24. The monoisotopic (exact) mass is 314 g/mol. The van der Waals surface area contributed by atoms with Crippen LogP contribution in [0.5, 0.6) is 0 Å². The molecule has 0 atom stereocenters. The highest BCUT2D eigenvalue weighted by atomic mass is 79.9. The summed E-state index contributed by atoms with van der Waals surface area (Å²) in [6, 6.07) is 5.08. The van der Waals surface area contributed by atoms with Crippen LogP contribution in [0.4, 0.5) is 11.4 Å². The fraction of sp³-hybridized carbons (Fsp3) is 0.273. The third kappa shape index (κ3) is 4.72. The second-order valence-electron chi connectivity index (χ2n) is 3.93. The fourth-order valence-corrected chi connectivity index (χ4v) is 1.89. The van der Waals surface area contributed by atoms with Gasteiger partial charge in [-0.05, 0) is 41.2 Å². The lowest BCUT2D eigenvalue weighted by molar-refractivity contribution is -0.120. The van der Waals surface area contributed by atoms with E-state index in [2.05, 4.69) is 21.2 Å². The molecule has 1 aromatic rings. The Balaban J connectivity index is 2.56. The van der Waals surface area contributed by atoms with Crippen molar-refractivity contribution in [2.24, 2.45) is 5.73 Å². The Kier molecular flexibility index (Phi) is 5.11. The van der Waals surface area contributed by atoms with Gasteiger partial charge in [0.2, 0.25) is 11.8 Å². The Morgan fingerprint density at radius 2 is 2.06 bits per heavy atom. The second kappa shape index (κ2) is 6.36. The third-order valence-electron chi connectivity index (χ3n) is 2.11. The summed E-state index contributed by atoms with van der Waals surface area (Å²) in [6.45, 7) is 0.121. The van der Waals surface area contributed by atoms with Gasteiger partial charge >= 0.3 is 0 Å². The first-order valence-electron chi connectivity index (χ1n) is 5.20. The van der Waals surface area contributed by atoms with Gasteiger partial charge in [0.15, 0.2) is 0 Å². The minimum absolute atomic E-state index is 0.0380. The predicted molar refractivity (Wildman–Crippen MR) is 73.9 cm³/mol. The van der Waals surface area contributed by atoms with Crippen LogP contribution in [0.1, 0.15) is 0 Å². The molecule has 0 fully saturated rings. The van der Waals surface area contributed by atoms with Gasteiger partial charge in [-0.15, -0.1) is 0 Å². The van der Waals surface area contributed by atoms with Crippen molar-refractivity contribution in [3.8, 4) is 0 Å². The number of anilines is 2. The van der Waals surface area contributed by atoms with E-state index in [4.69, 9.17) is 11.5 Å². The number of rotatable bonds is 5. The Bertz CT molecular complexity index is 464. The van der Waals surface area contributed by atoms with Crippen molar-refractivity contribution in [2.45, 2.75) is 0 Å². The molecule has 0 aliphatic carbocycles. The molecule has 0 aliphatic rings. The van der Waals surface area contributed by atoms with Gasteiger partial charge < -0.3 is 16.8 Å². The Labute approximate surface area is 113 Å². The van der Waals surface area contributed by atoms with Crippen LogP contribution in [0.25, 0.3) is 0 Å². The number of nitrogens with one attached hydrogen (secondary N) is 1. The summed E-state index contributed by atoms with van der Waals surface area (Å²) in [5.74, 6) is -0.705. The van der Waals surface area contributed by atoms with Crippen LogP contribution in [0.15, 0.2) is 22.7 Å². The molecule has 0 aliphatic heterocycles. The number of carbonyl (C=O) groups excluding carboxylic acids is 2. The van der Waals surface area contributed by atoms with Crippen molar-refractivity contribution in [3.63, 3.8) is 0 Å². The van der Waals surface area contributed by atoms with Crippen molar-refractivity contribution < 1.29 is 9.59 Å². The molecule has 0 heterocycles. The molecule has 0 radical (unpaired) electrons. The summed E-state index contributed by atoms with van der Waals surface area (Å²) in [7, 11) is 1.64. The molecule has 0 unspecified atom stereocenters. The molecule has 0 aromatic heterocycles. The van der Waals surface area contributed by atoms with Crippen molar-refractivity contribution in [1.82, 2.24) is 4.90 Å². The molecule has 98 valence electrons. The molecule has 7 heteroatoms. The number of hydrogen-bond donors (Lipinski definition) is 3. The van der Waals surface area contributed by atoms with Crippen LogP contribution in [0.3, 0.4) is 0 Å². The minimum atomic E-state index is -0.473. The molecule has 0 saturated carbocycles. The van der Waals surface area contributed by atoms with Gasteiger partial charge in [0.1, 0.15) is 0 Å². The maximum Gasteiger partial charge on any atom is 0.238 e. The normalized spacial score (nSPS) is 10.4. The summed E-state index contributed by atoms with van der Waals surface area (Å²) in [5.41, 5.74) is 11.8. The summed E-state index contributed by atoms with van der Waals surface area (Å²) < 4.78 is 0.702. The molecule has 18 heavy (non-hydrogen) atoms. The van der Waals surface area contributed by atoms with Gasteiger partial charge in [-0.2, -0.15) is 0 Å². The number of carbonyl (C=O) groups is 2. The van der Waals surface area contributed by atoms with Crippen molar-refractivity contribution >= 4 is 39.1 Å². The molecule has 0 bridgehead atoms. The first-order chi connectivity index (χ1) is 8.38. The fourth-order valence-electron chi connectivity index (χ4n) is 1.39. The molecule has 2 amide bonds. The summed E-state index contributed by atoms with van der Waals surface area (Å²) in [6.07, 6.45) is 0. The molecular formula is C11H15BrN4O2. The lowest BCUT2D eigenvalue weighted by Crippen LogP contribution is -2.36. The highest BCUT2D eigenvalue weighted by Gasteiger charge is 2.10. The zero-order valence-electron chi connectivity index (χ0n) is 9.94. The van der Waals surface area contributed by atoms with Gasteiger partial charge in [0.25, 0.3) is 0 Å². The van der Waals surface area contributed by atoms with E-state index in [9.17, 15) is 9.59 Å². The van der Waals surface area contributed by atoms with Crippen molar-refractivity contribution in [1.29, 1.82) is 0 Å². The van der Waals surface area contributed by atoms with Gasteiger partial charge in [-0.3, -0.25) is 14.5 Å². The molecule has 6 nitrogen and oxygen atoms in total. The topological polar surface area (TPSA) is 101 Å². The van der Waals surface area contributed by atoms with Gasteiger partial charge in [-0.25, -0.2) is 0 Å². The number of halogens is 1. The quantitative estimate of drug-likeness (QED) is 0.684. The van der Waals surface area contributed by atoms with Gasteiger partial charge in [0, 0.05) is 10.2 Å². The largest absolute Gasteiger partial charge is 0.399 e. The first-order valence-corrected chi connectivity index (χ1v) is 5.99. The zero-order chi connectivity index (χ0) is 13.7. The maximum atomic E-state index is 11.7. The zero-order valence-corrected chi connectivity index (χ0v) is 11.5. The third-order valence-corrected chi connectivity index (χ3v) is 2.76. The number of benzene rings is 1. The second-order valence-corrected chi connectivity index (χ2v) is 4.78. The predicted octanol–water partition coefficient (Wildman–Crippen LogP) is 0.387. The van der Waals surface area contributed by atoms with E-state index in [0.29, 0.717) is 15.8 Å². The van der Waals surface area contributed by atoms with Crippen molar-refractivity contribution in [2.75, 3.05) is 31.2 Å². The number of primary amides is 1. The summed E-state index contributed by atoms with van der Waals surface area (Å²) in [4.78, 5) is 23.9. The van der Waals surface area contributed by atoms with Crippen LogP contribution in [0, 0.1) is 0 Å². The first kappa shape index (κ1) is 14.5. The Hall–Kier alpha value is -1.60. The van der Waals surface area contributed by atoms with E-state index < -0.39 is 5.91 Å². The summed E-state index contributed by atoms with van der Waals surface area (Å²) in [5, 5.41) is 2.71. The lowest BCUT2D eigenvalue weighted by atomic mass is 10.3. The van der Waals surface area contributed by atoms with E-state index in [1.165, 1.54) is 4.90 Å². The van der Waals surface area contributed by atoms with E-state index in [1.54, 1.807) is 25.2 Å². The van der Waals surface area contributed by atoms with E-state index in [-0.39, 0.29) is 19.0 Å². The van der Waals surface area contributed by atoms with Crippen molar-refractivity contribution in [3.05, 3.63) is 22.7 Å². The standard InChI is InChI=1S/C11H15BrN4O2/c1-16(5-10(14)17)6-11(18)15-9-3-2-7(13)4-8(9)12/h2-4H,5-6,13H2,1H3,(H2,14,17)(H,15,18). The lowest BCUT2D eigenvalue weighted by Gasteiger charge is -2.14. The Morgan fingerprint density at radius 1 is 1.39 bits per heavy atom. The molecule has 0 saturated heterocycles. The number of hydrogen-bond acceptors (Lipinski definition) is 4. The van der Waals surface area contributed by atoms with Gasteiger partial charge in [0.05, 0.1) is 18.8 Å². The van der Waals surface area contributed by atoms with Gasteiger partial charge in [-0.1, -0.05) is 0 Å². The molecule has 0 spiro atoms. The van der Waals surface area contributed by atoms with Crippen LogP contribution in [0.2, 0.25) is 0 Å². The smallest absolute Gasteiger partial charge is 0.238 e. The maximum absolute atomic E-state index is 11.7. The van der Waals surface area contributed by atoms with E-state index >= 15 is 0 Å². The van der Waals surface area contributed by atoms with E-state index in [0.717, 1.165) is 0 Å². The molecular weight excluding hydrogens is 300 g/mol. The number of nitrogen functional groups attached to an aromatic ring is 1. The summed E-state index contributed by atoms with van der Waals surface area (Å²) >= 11 is 3.30. The minimum Gasteiger partial charge on any atom is -0.399 e. The number of likely N-dealkylation sites (N-methyl/N-ethyl adjacent to an activating group) is 1. The average Bonchev–Trinajstić information content (AvgIpc) is 2.20. The van der Waals surface area contributed by atoms with E-state index in [1.807, 2.05) is 0 Å². The number of nitrogens with zero attached hydrogens (tertiary/aromatic N) is 1. The molecule has 1 aromatic carbocycles. The van der Waals surface area contributed by atoms with Crippen LogP contribution >= 0.6 is 15.9 Å². The highest BCUT2D eigenvalue weighted by molar-refractivity contribution is 9.10. The van der Waals surface area contributed by atoms with Crippen LogP contribution in [-0.2, 0) is 9.59 Å². The number of nitrogens with two attached hydrogens (primary N) is 2. The molecule has 1 rings (SSSR count). The van der Waals surface area contributed by atoms with Crippen LogP contribution in [-0.4, -0.2) is 36.9 Å². The Morgan fingerprint density at radius 3 is 2.61 bits per heavy atom.